The predicted molar refractivity (Wildman–Crippen MR) is 108 cm³/mol. The van der Waals surface area contributed by atoms with Gasteiger partial charge < -0.3 is 0 Å². The summed E-state index contributed by atoms with van der Waals surface area (Å²) in [7, 11) is -7.96. The Kier molecular flexibility index (Phi) is 7.64. The summed E-state index contributed by atoms with van der Waals surface area (Å²) in [5.74, 6) is -28.5. The van der Waals surface area contributed by atoms with Gasteiger partial charge in [-0.15, -0.1) is 0 Å². The van der Waals surface area contributed by atoms with E-state index in [1.807, 2.05) is 0 Å². The molecule has 1 aliphatic carbocycles. The number of oxime groups is 1. The zero-order chi connectivity index (χ0) is 31.6. The zero-order valence-electron chi connectivity index (χ0n) is 19.1. The molecule has 0 unspecified atom stereocenters. The summed E-state index contributed by atoms with van der Waals surface area (Å²) < 4.78 is 226. The van der Waals surface area contributed by atoms with E-state index in [1.165, 1.54) is 24.3 Å². The van der Waals surface area contributed by atoms with Gasteiger partial charge in [-0.3, -0.25) is 4.28 Å². The number of rotatable bonds is 9. The first kappa shape index (κ1) is 32.3. The molecule has 1 aliphatic rings. The van der Waals surface area contributed by atoms with Gasteiger partial charge in [-0.25, -0.2) is 8.78 Å². The van der Waals surface area contributed by atoms with Crippen molar-refractivity contribution in [1.82, 2.24) is 0 Å². The van der Waals surface area contributed by atoms with Crippen molar-refractivity contribution in [3.63, 3.8) is 0 Å². The van der Waals surface area contributed by atoms with Gasteiger partial charge in [-0.1, -0.05) is 41.6 Å². The van der Waals surface area contributed by atoms with E-state index in [1.54, 1.807) is 5.16 Å². The number of fused-ring (bicyclic) bond motifs is 3. The summed E-state index contributed by atoms with van der Waals surface area (Å²) in [5.41, 5.74) is -3.14. The number of hydrogen-bond acceptors (Lipinski definition) is 4. The van der Waals surface area contributed by atoms with Crippen molar-refractivity contribution in [2.45, 2.75) is 48.0 Å². The molecule has 2 aromatic carbocycles. The fraction of sp³-hybridized carbons (Fsp3) is 0.381. The minimum absolute atomic E-state index is 0.0305. The van der Waals surface area contributed by atoms with Gasteiger partial charge in [0.05, 0.1) is 0 Å². The minimum atomic E-state index is -7.96. The standard InChI is InChI=1S/C21H10F15NO3S/c22-15(23)17(26,27)16(24,25)14(10-5-6-13-11(8-10)7-9-3-1-2-4-12(9)13)37-40-41(38,39)21(35,36)19(30,31)18(28,29)20(32,33)34/h1-6,8,15H,7H2. The molecule has 41 heavy (non-hydrogen) atoms. The first-order valence-electron chi connectivity index (χ1n) is 10.3. The van der Waals surface area contributed by atoms with Crippen molar-refractivity contribution in [2.75, 3.05) is 0 Å². The Morgan fingerprint density at radius 2 is 1.29 bits per heavy atom. The second-order valence-corrected chi connectivity index (χ2v) is 9.91. The topological polar surface area (TPSA) is 55.7 Å². The summed E-state index contributed by atoms with van der Waals surface area (Å²) in [6.45, 7) is 0. The van der Waals surface area contributed by atoms with Crippen molar-refractivity contribution >= 4 is 15.8 Å². The first-order chi connectivity index (χ1) is 18.3. The lowest BCUT2D eigenvalue weighted by Gasteiger charge is -2.32. The molecule has 0 bridgehead atoms. The van der Waals surface area contributed by atoms with Gasteiger partial charge in [0.25, 0.3) is 0 Å². The van der Waals surface area contributed by atoms with Crippen molar-refractivity contribution < 1.29 is 78.6 Å². The van der Waals surface area contributed by atoms with E-state index in [0.29, 0.717) is 23.3 Å². The average Bonchev–Trinajstić information content (AvgIpc) is 3.20. The lowest BCUT2D eigenvalue weighted by molar-refractivity contribution is -0.382. The third-order valence-corrected chi connectivity index (χ3v) is 6.87. The Bertz CT molecular complexity index is 1470. The van der Waals surface area contributed by atoms with Crippen LogP contribution in [0.3, 0.4) is 0 Å². The van der Waals surface area contributed by atoms with Gasteiger partial charge >= 0.3 is 51.7 Å². The number of benzene rings is 2. The fourth-order valence-corrected chi connectivity index (χ4v) is 4.24. The molecule has 2 aromatic rings. The lowest BCUT2D eigenvalue weighted by Crippen LogP contribution is -2.63. The third-order valence-electron chi connectivity index (χ3n) is 5.71. The van der Waals surface area contributed by atoms with Crippen LogP contribution in [0, 0.1) is 0 Å². The van der Waals surface area contributed by atoms with Crippen LogP contribution in [0.2, 0.25) is 0 Å². The molecule has 0 amide bonds. The van der Waals surface area contributed by atoms with Crippen molar-refractivity contribution in [1.29, 1.82) is 0 Å². The Labute approximate surface area is 218 Å². The molecule has 0 saturated heterocycles. The van der Waals surface area contributed by atoms with Gasteiger partial charge in [0.15, 0.2) is 5.71 Å². The molecule has 0 saturated carbocycles. The van der Waals surface area contributed by atoms with Crippen LogP contribution in [-0.2, 0) is 20.8 Å². The highest BCUT2D eigenvalue weighted by atomic mass is 32.2. The molecule has 0 spiro atoms. The normalized spacial score (nSPS) is 15.7. The maximum atomic E-state index is 14.6. The van der Waals surface area contributed by atoms with Crippen LogP contribution in [0.4, 0.5) is 65.9 Å². The van der Waals surface area contributed by atoms with Crippen LogP contribution in [0.15, 0.2) is 47.6 Å². The average molecular weight is 641 g/mol. The number of hydrogen-bond donors (Lipinski definition) is 0. The fourth-order valence-electron chi connectivity index (χ4n) is 3.53. The van der Waals surface area contributed by atoms with E-state index in [9.17, 15) is 74.3 Å². The maximum Gasteiger partial charge on any atom is 0.460 e. The highest BCUT2D eigenvalue weighted by molar-refractivity contribution is 7.87. The third kappa shape index (κ3) is 4.86. The van der Waals surface area contributed by atoms with Crippen molar-refractivity contribution in [3.05, 3.63) is 59.2 Å². The molecule has 0 atom stereocenters. The van der Waals surface area contributed by atoms with Gasteiger partial charge in [0.2, 0.25) is 0 Å². The first-order valence-corrected chi connectivity index (χ1v) is 11.7. The molecule has 0 radical (unpaired) electrons. The van der Waals surface area contributed by atoms with E-state index in [0.717, 1.165) is 6.07 Å². The number of alkyl halides is 15. The largest absolute Gasteiger partial charge is 0.460 e. The quantitative estimate of drug-likeness (QED) is 0.140. The van der Waals surface area contributed by atoms with Crippen LogP contribution in [0.5, 0.6) is 0 Å². The number of halogens is 15. The van der Waals surface area contributed by atoms with Gasteiger partial charge in [0, 0.05) is 5.56 Å². The van der Waals surface area contributed by atoms with Crippen LogP contribution < -0.4 is 0 Å². The van der Waals surface area contributed by atoms with E-state index in [2.05, 4.69) is 4.28 Å². The Hall–Kier alpha value is -3.19. The van der Waals surface area contributed by atoms with Crippen LogP contribution in [0.25, 0.3) is 11.1 Å². The highest BCUT2D eigenvalue weighted by Crippen LogP contribution is 2.55. The van der Waals surface area contributed by atoms with E-state index < -0.39 is 62.9 Å². The second-order valence-electron chi connectivity index (χ2n) is 8.34. The summed E-state index contributed by atoms with van der Waals surface area (Å²) in [6.07, 6.45) is -12.9. The molecular weight excluding hydrogens is 631 g/mol. The molecular formula is C21H10F15NO3S. The maximum absolute atomic E-state index is 14.6. The second kappa shape index (κ2) is 9.69. The van der Waals surface area contributed by atoms with Crippen molar-refractivity contribution in [2.24, 2.45) is 5.16 Å². The minimum Gasteiger partial charge on any atom is -0.263 e. The molecule has 0 fully saturated rings. The van der Waals surface area contributed by atoms with Crippen LogP contribution in [-0.4, -0.2) is 55.7 Å². The van der Waals surface area contributed by atoms with E-state index >= 15 is 0 Å². The van der Waals surface area contributed by atoms with Gasteiger partial charge in [-0.05, 0) is 34.7 Å². The number of nitrogens with zero attached hydrogens (tertiary/aromatic N) is 1. The Balaban J connectivity index is 2.16. The SMILES string of the molecule is O=S(=O)(ON=C(c1ccc2c(c1)Cc1ccccc1-2)C(F)(F)C(F)(F)C(F)F)C(F)(F)C(F)(F)C(F)(F)C(F)(F)F. The lowest BCUT2D eigenvalue weighted by atomic mass is 9.96. The molecule has 0 aromatic heterocycles. The summed E-state index contributed by atoms with van der Waals surface area (Å²) in [4.78, 5) is 0. The molecule has 3 rings (SSSR count). The van der Waals surface area contributed by atoms with Crippen molar-refractivity contribution in [3.8, 4) is 11.1 Å². The van der Waals surface area contributed by atoms with E-state index in [4.69, 9.17) is 0 Å². The van der Waals surface area contributed by atoms with Crippen LogP contribution in [0.1, 0.15) is 16.7 Å². The monoisotopic (exact) mass is 641 g/mol. The van der Waals surface area contributed by atoms with Crippen LogP contribution >= 0.6 is 0 Å². The van der Waals surface area contributed by atoms with Gasteiger partial charge in [0.1, 0.15) is 0 Å². The van der Waals surface area contributed by atoms with E-state index in [-0.39, 0.29) is 17.5 Å². The highest BCUT2D eigenvalue weighted by Gasteiger charge is 2.86. The predicted octanol–water partition coefficient (Wildman–Crippen LogP) is 7.27. The Morgan fingerprint density at radius 1 is 0.756 bits per heavy atom. The zero-order valence-corrected chi connectivity index (χ0v) is 19.9. The molecule has 20 heteroatoms. The molecule has 0 aliphatic heterocycles. The Morgan fingerprint density at radius 3 is 1.83 bits per heavy atom. The molecule has 228 valence electrons. The van der Waals surface area contributed by atoms with Gasteiger partial charge in [-0.2, -0.15) is 65.5 Å². The summed E-state index contributed by atoms with van der Waals surface area (Å²) in [5, 5.41) is -5.89. The molecule has 4 nitrogen and oxygen atoms in total. The smallest absolute Gasteiger partial charge is 0.263 e. The molecule has 0 N–H and O–H groups in total. The summed E-state index contributed by atoms with van der Waals surface area (Å²) >= 11 is 0. The summed E-state index contributed by atoms with van der Waals surface area (Å²) in [6, 6.07) is 7.88. The molecule has 0 heterocycles.